The largest absolute Gasteiger partial charge is 0.454 e. The number of nitrogens with zero attached hydrogens (tertiary/aromatic N) is 2. The van der Waals surface area contributed by atoms with Gasteiger partial charge in [-0.1, -0.05) is 6.42 Å². The summed E-state index contributed by atoms with van der Waals surface area (Å²) in [6.45, 7) is 0.375. The molecule has 0 atom stereocenters. The van der Waals surface area contributed by atoms with Crippen LogP contribution < -0.4 is 29.8 Å². The summed E-state index contributed by atoms with van der Waals surface area (Å²) in [5.74, 6) is 2.21. The predicted molar refractivity (Wildman–Crippen MR) is 135 cm³/mol. The molecule has 10 nitrogen and oxygen atoms in total. The number of hydrogen-bond donors (Lipinski definition) is 2. The number of hydrogen-bond acceptors (Lipinski definition) is 8. The Kier molecular flexibility index (Phi) is 8.59. The highest BCUT2D eigenvalue weighted by atomic mass is 79.9. The second kappa shape index (κ2) is 12.0. The number of benzene rings is 2. The van der Waals surface area contributed by atoms with Crippen LogP contribution in [0.25, 0.3) is 0 Å². The molecule has 12 heteroatoms. The normalized spacial score (nSPS) is 13.5. The fourth-order valence-electron chi connectivity index (χ4n) is 3.27. The number of carbonyl (C=O) groups excluding carboxylic acids is 2. The molecule has 0 spiro atoms. The summed E-state index contributed by atoms with van der Waals surface area (Å²) in [4.78, 5) is 24.0. The summed E-state index contributed by atoms with van der Waals surface area (Å²) < 4.78 is 22.8. The van der Waals surface area contributed by atoms with Crippen LogP contribution in [0.3, 0.4) is 0 Å². The lowest BCUT2D eigenvalue weighted by atomic mass is 10.1. The van der Waals surface area contributed by atoms with Crippen molar-refractivity contribution < 1.29 is 28.5 Å². The van der Waals surface area contributed by atoms with Gasteiger partial charge in [-0.2, -0.15) is 10.2 Å². The van der Waals surface area contributed by atoms with Gasteiger partial charge < -0.3 is 18.9 Å². The fraction of sp³-hybridized carbons (Fsp3) is 0.304. The molecule has 35 heavy (non-hydrogen) atoms. The van der Waals surface area contributed by atoms with Crippen molar-refractivity contribution in [2.24, 2.45) is 10.2 Å². The van der Waals surface area contributed by atoms with E-state index in [1.807, 2.05) is 0 Å². The predicted octanol–water partition coefficient (Wildman–Crippen LogP) is 4.22. The molecular formula is C23H22Br2N4O6. The highest BCUT2D eigenvalue weighted by molar-refractivity contribution is 9.10. The van der Waals surface area contributed by atoms with Crippen molar-refractivity contribution in [3.8, 4) is 23.0 Å². The van der Waals surface area contributed by atoms with Gasteiger partial charge in [0, 0.05) is 32.9 Å². The molecule has 2 aliphatic rings. The Labute approximate surface area is 218 Å². The molecule has 2 aromatic carbocycles. The lowest BCUT2D eigenvalue weighted by molar-refractivity contribution is -0.121. The summed E-state index contributed by atoms with van der Waals surface area (Å²) in [6, 6.07) is 7.16. The topological polar surface area (TPSA) is 120 Å². The number of nitrogens with one attached hydrogen (secondary N) is 2. The molecule has 2 N–H and O–H groups in total. The van der Waals surface area contributed by atoms with Crippen LogP contribution in [0.4, 0.5) is 0 Å². The zero-order valence-corrected chi connectivity index (χ0v) is 21.7. The smallest absolute Gasteiger partial charge is 0.240 e. The lowest BCUT2D eigenvalue weighted by Gasteiger charge is -2.03. The van der Waals surface area contributed by atoms with Gasteiger partial charge in [0.1, 0.15) is 0 Å². The van der Waals surface area contributed by atoms with E-state index >= 15 is 0 Å². The zero-order chi connectivity index (χ0) is 24.6. The van der Waals surface area contributed by atoms with E-state index in [2.05, 4.69) is 52.9 Å². The van der Waals surface area contributed by atoms with Crippen LogP contribution in [0.1, 0.15) is 43.2 Å². The van der Waals surface area contributed by atoms with E-state index in [9.17, 15) is 9.59 Å². The number of rotatable bonds is 10. The van der Waals surface area contributed by atoms with E-state index in [4.69, 9.17) is 18.9 Å². The molecule has 0 saturated heterocycles. The molecule has 2 aromatic rings. The lowest BCUT2D eigenvalue weighted by Crippen LogP contribution is -2.18. The fourth-order valence-corrected chi connectivity index (χ4v) is 4.12. The van der Waals surface area contributed by atoms with Crippen molar-refractivity contribution >= 4 is 56.1 Å². The second-order valence-electron chi connectivity index (χ2n) is 7.60. The summed E-state index contributed by atoms with van der Waals surface area (Å²) in [5, 5.41) is 7.98. The molecule has 0 saturated carbocycles. The summed E-state index contributed by atoms with van der Waals surface area (Å²) >= 11 is 6.87. The van der Waals surface area contributed by atoms with Gasteiger partial charge >= 0.3 is 0 Å². The van der Waals surface area contributed by atoms with Crippen LogP contribution in [-0.2, 0) is 9.59 Å². The Morgan fingerprint density at radius 3 is 1.54 bits per heavy atom. The third kappa shape index (κ3) is 6.95. The van der Waals surface area contributed by atoms with Crippen LogP contribution in [0.15, 0.2) is 43.4 Å². The Balaban J connectivity index is 1.09. The zero-order valence-electron chi connectivity index (χ0n) is 18.5. The van der Waals surface area contributed by atoms with Gasteiger partial charge in [-0.3, -0.25) is 9.59 Å². The van der Waals surface area contributed by atoms with Gasteiger partial charge in [-0.15, -0.1) is 0 Å². The van der Waals surface area contributed by atoms with Crippen molar-refractivity contribution in [3.05, 3.63) is 44.3 Å². The van der Waals surface area contributed by atoms with Gasteiger partial charge in [0.15, 0.2) is 23.0 Å². The molecule has 0 bridgehead atoms. The third-order valence-corrected chi connectivity index (χ3v) is 6.45. The molecule has 4 rings (SSSR count). The molecular weight excluding hydrogens is 588 g/mol. The van der Waals surface area contributed by atoms with Crippen LogP contribution in [-0.4, -0.2) is 37.8 Å². The quantitative estimate of drug-likeness (QED) is 0.236. The SMILES string of the molecule is O=C(CCCCCC(=O)N/N=C\c1cc2c(cc1Br)OCO2)N/N=C\c1cc2c(cc1Br)OCO2. The first-order chi connectivity index (χ1) is 17.0. The van der Waals surface area contributed by atoms with E-state index in [0.29, 0.717) is 48.7 Å². The van der Waals surface area contributed by atoms with Crippen molar-refractivity contribution in [3.63, 3.8) is 0 Å². The number of amides is 2. The highest BCUT2D eigenvalue weighted by Crippen LogP contribution is 2.37. The third-order valence-electron chi connectivity index (χ3n) is 5.08. The standard InChI is InChI=1S/C23H22Br2N4O6/c24-16-8-20-18(32-12-34-20)6-14(16)10-26-28-22(30)4-2-1-3-5-23(31)29-27-11-15-7-19-21(9-17(15)25)35-13-33-19/h6-11H,1-5,12-13H2,(H,28,30)(H,29,31)/b26-10-,27-11-. The molecule has 2 aliphatic heterocycles. The first-order valence-corrected chi connectivity index (χ1v) is 12.4. The monoisotopic (exact) mass is 608 g/mol. The Morgan fingerprint density at radius 2 is 1.11 bits per heavy atom. The average molecular weight is 610 g/mol. The Hall–Kier alpha value is -3.12. The molecule has 0 aromatic heterocycles. The van der Waals surface area contributed by atoms with Gasteiger partial charge in [-0.05, 0) is 69.0 Å². The number of halogens is 2. The minimum Gasteiger partial charge on any atom is -0.454 e. The average Bonchev–Trinajstić information content (AvgIpc) is 3.47. The van der Waals surface area contributed by atoms with Gasteiger partial charge in [0.25, 0.3) is 0 Å². The molecule has 184 valence electrons. The van der Waals surface area contributed by atoms with Crippen molar-refractivity contribution in [1.29, 1.82) is 0 Å². The van der Waals surface area contributed by atoms with Crippen LogP contribution >= 0.6 is 31.9 Å². The number of hydrazone groups is 2. The molecule has 0 radical (unpaired) electrons. The van der Waals surface area contributed by atoms with Gasteiger partial charge in [0.05, 0.1) is 12.4 Å². The highest BCUT2D eigenvalue weighted by Gasteiger charge is 2.16. The van der Waals surface area contributed by atoms with E-state index < -0.39 is 0 Å². The van der Waals surface area contributed by atoms with Crippen molar-refractivity contribution in [2.45, 2.75) is 32.1 Å². The molecule has 2 amide bonds. The minimum atomic E-state index is -0.193. The Bertz CT molecular complexity index is 1080. The maximum absolute atomic E-state index is 12.0. The van der Waals surface area contributed by atoms with Crippen molar-refractivity contribution in [1.82, 2.24) is 10.9 Å². The maximum atomic E-state index is 12.0. The number of carbonyl (C=O) groups is 2. The van der Waals surface area contributed by atoms with Crippen LogP contribution in [0, 0.1) is 0 Å². The number of fused-ring (bicyclic) bond motifs is 2. The van der Waals surface area contributed by atoms with Crippen LogP contribution in [0.5, 0.6) is 23.0 Å². The van der Waals surface area contributed by atoms with E-state index in [1.54, 1.807) is 24.3 Å². The summed E-state index contributed by atoms with van der Waals surface area (Å²) in [5.41, 5.74) is 6.53. The van der Waals surface area contributed by atoms with E-state index in [1.165, 1.54) is 12.4 Å². The molecule has 0 fully saturated rings. The maximum Gasteiger partial charge on any atom is 0.240 e. The first-order valence-electron chi connectivity index (χ1n) is 10.8. The summed E-state index contributed by atoms with van der Waals surface area (Å²) in [6.07, 6.45) is 5.74. The number of unbranched alkanes of at least 4 members (excludes halogenated alkanes) is 2. The van der Waals surface area contributed by atoms with Crippen molar-refractivity contribution in [2.75, 3.05) is 13.6 Å². The second-order valence-corrected chi connectivity index (χ2v) is 9.31. The summed E-state index contributed by atoms with van der Waals surface area (Å²) in [7, 11) is 0. The number of ether oxygens (including phenoxy) is 4. The molecule has 0 aliphatic carbocycles. The first kappa shape index (κ1) is 25.0. The Morgan fingerprint density at radius 1 is 0.714 bits per heavy atom. The molecule has 0 unspecified atom stereocenters. The van der Waals surface area contributed by atoms with Gasteiger partial charge in [0.2, 0.25) is 25.4 Å². The van der Waals surface area contributed by atoms with E-state index in [0.717, 1.165) is 26.5 Å². The van der Waals surface area contributed by atoms with Crippen LogP contribution in [0.2, 0.25) is 0 Å². The minimum absolute atomic E-state index is 0.188. The van der Waals surface area contributed by atoms with E-state index in [-0.39, 0.29) is 25.4 Å². The molecule has 2 heterocycles. The van der Waals surface area contributed by atoms with Gasteiger partial charge in [-0.25, -0.2) is 10.9 Å².